The van der Waals surface area contributed by atoms with E-state index in [9.17, 15) is 0 Å². The van der Waals surface area contributed by atoms with Crippen LogP contribution in [-0.4, -0.2) is 15.5 Å². The summed E-state index contributed by atoms with van der Waals surface area (Å²) in [7, 11) is 0. The molecule has 0 aliphatic rings. The van der Waals surface area contributed by atoms with Crippen molar-refractivity contribution in [1.82, 2.24) is 15.3 Å². The van der Waals surface area contributed by atoms with Crippen LogP contribution in [0.25, 0.3) is 0 Å². The molecule has 0 aliphatic carbocycles. The van der Waals surface area contributed by atoms with Crippen molar-refractivity contribution in [2.24, 2.45) is 0 Å². The van der Waals surface area contributed by atoms with Crippen molar-refractivity contribution < 1.29 is 4.74 Å². The Bertz CT molecular complexity index is 623. The normalized spacial score (nSPS) is 11.5. The van der Waals surface area contributed by atoms with Gasteiger partial charge in [-0.1, -0.05) is 22.0 Å². The second kappa shape index (κ2) is 6.54. The quantitative estimate of drug-likeness (QED) is 0.897. The van der Waals surface area contributed by atoms with Gasteiger partial charge in [0, 0.05) is 22.8 Å². The average Bonchev–Trinajstić information content (AvgIpc) is 2.40. The van der Waals surface area contributed by atoms with E-state index in [0.29, 0.717) is 12.4 Å². The van der Waals surface area contributed by atoms with E-state index in [1.165, 1.54) is 0 Å². The van der Waals surface area contributed by atoms with E-state index in [0.717, 1.165) is 21.5 Å². The number of nitrogens with one attached hydrogen (secondary N) is 1. The molecule has 0 unspecified atom stereocenters. The second-order valence-corrected chi connectivity index (χ2v) is 6.88. The van der Waals surface area contributed by atoms with Crippen LogP contribution in [0.1, 0.15) is 32.0 Å². The number of aryl methyl sites for hydroxylation is 1. The molecule has 0 spiro atoms. The zero-order chi connectivity index (χ0) is 15.5. The van der Waals surface area contributed by atoms with Crippen molar-refractivity contribution in [3.63, 3.8) is 0 Å². The van der Waals surface area contributed by atoms with Gasteiger partial charge < -0.3 is 10.1 Å². The van der Waals surface area contributed by atoms with Crippen molar-refractivity contribution in [1.29, 1.82) is 0 Å². The van der Waals surface area contributed by atoms with Gasteiger partial charge in [-0.3, -0.25) is 4.98 Å². The standard InChI is InChI=1S/C16H20BrN3O/c1-11-5-6-12(17)7-14(11)21-15-10-18-8-13(20-15)9-19-16(2,3)4/h5-8,10,19H,9H2,1-4H3. The van der Waals surface area contributed by atoms with Crippen molar-refractivity contribution in [2.75, 3.05) is 0 Å². The summed E-state index contributed by atoms with van der Waals surface area (Å²) in [5, 5.41) is 3.38. The molecule has 1 N–H and O–H groups in total. The van der Waals surface area contributed by atoms with Crippen LogP contribution in [0.15, 0.2) is 35.1 Å². The van der Waals surface area contributed by atoms with Crippen molar-refractivity contribution in [3.05, 3.63) is 46.3 Å². The first-order valence-electron chi connectivity index (χ1n) is 6.83. The third kappa shape index (κ3) is 5.10. The summed E-state index contributed by atoms with van der Waals surface area (Å²) in [6.45, 7) is 9.01. The maximum absolute atomic E-state index is 5.83. The molecule has 0 atom stereocenters. The molecule has 0 bridgehead atoms. The minimum Gasteiger partial charge on any atom is -0.437 e. The minimum absolute atomic E-state index is 0.0411. The van der Waals surface area contributed by atoms with Gasteiger partial charge in [0.05, 0.1) is 11.9 Å². The average molecular weight is 350 g/mol. The van der Waals surface area contributed by atoms with E-state index < -0.39 is 0 Å². The summed E-state index contributed by atoms with van der Waals surface area (Å²) in [5.74, 6) is 1.28. The van der Waals surface area contributed by atoms with Gasteiger partial charge in [-0.05, 0) is 45.4 Å². The van der Waals surface area contributed by atoms with Gasteiger partial charge in [0.1, 0.15) is 5.75 Å². The Morgan fingerprint density at radius 3 is 2.71 bits per heavy atom. The predicted octanol–water partition coefficient (Wildman–Crippen LogP) is 4.23. The molecule has 1 aromatic heterocycles. The maximum Gasteiger partial charge on any atom is 0.238 e. The lowest BCUT2D eigenvalue weighted by Gasteiger charge is -2.20. The first kappa shape index (κ1) is 15.9. The molecule has 0 radical (unpaired) electrons. The number of hydrogen-bond acceptors (Lipinski definition) is 4. The molecule has 112 valence electrons. The van der Waals surface area contributed by atoms with E-state index in [1.54, 1.807) is 12.4 Å². The van der Waals surface area contributed by atoms with Crippen LogP contribution in [0.3, 0.4) is 0 Å². The summed E-state index contributed by atoms with van der Waals surface area (Å²) >= 11 is 3.44. The van der Waals surface area contributed by atoms with Gasteiger partial charge in [-0.25, -0.2) is 4.98 Å². The van der Waals surface area contributed by atoms with Gasteiger partial charge >= 0.3 is 0 Å². The van der Waals surface area contributed by atoms with Gasteiger partial charge in [0.25, 0.3) is 0 Å². The zero-order valence-electron chi connectivity index (χ0n) is 12.8. The van der Waals surface area contributed by atoms with Gasteiger partial charge in [0.15, 0.2) is 0 Å². The number of nitrogens with zero attached hydrogens (tertiary/aromatic N) is 2. The van der Waals surface area contributed by atoms with E-state index in [1.807, 2.05) is 25.1 Å². The highest BCUT2D eigenvalue weighted by Crippen LogP contribution is 2.26. The van der Waals surface area contributed by atoms with Crippen LogP contribution < -0.4 is 10.1 Å². The van der Waals surface area contributed by atoms with Crippen molar-refractivity contribution in [2.45, 2.75) is 39.8 Å². The molecule has 0 saturated carbocycles. The second-order valence-electron chi connectivity index (χ2n) is 5.96. The summed E-state index contributed by atoms with van der Waals surface area (Å²) in [5.41, 5.74) is 1.95. The summed E-state index contributed by atoms with van der Waals surface area (Å²) < 4.78 is 6.80. The molecular weight excluding hydrogens is 330 g/mol. The van der Waals surface area contributed by atoms with Gasteiger partial charge in [0.2, 0.25) is 5.88 Å². The molecule has 2 rings (SSSR count). The van der Waals surface area contributed by atoms with Crippen LogP contribution >= 0.6 is 15.9 Å². The minimum atomic E-state index is 0.0411. The number of hydrogen-bond donors (Lipinski definition) is 1. The van der Waals surface area contributed by atoms with Crippen LogP contribution in [0.4, 0.5) is 0 Å². The first-order valence-corrected chi connectivity index (χ1v) is 7.63. The van der Waals surface area contributed by atoms with Crippen LogP contribution in [0.5, 0.6) is 11.6 Å². The van der Waals surface area contributed by atoms with Gasteiger partial charge in [-0.15, -0.1) is 0 Å². The van der Waals surface area contributed by atoms with Crippen LogP contribution in [-0.2, 0) is 6.54 Å². The van der Waals surface area contributed by atoms with Crippen molar-refractivity contribution in [3.8, 4) is 11.6 Å². The van der Waals surface area contributed by atoms with Crippen molar-refractivity contribution >= 4 is 15.9 Å². The summed E-state index contributed by atoms with van der Waals surface area (Å²) in [6, 6.07) is 5.91. The Kier molecular flexibility index (Phi) is 4.96. The van der Waals surface area contributed by atoms with E-state index in [2.05, 4.69) is 52.0 Å². The number of benzene rings is 1. The highest BCUT2D eigenvalue weighted by molar-refractivity contribution is 9.10. The molecule has 0 aliphatic heterocycles. The topological polar surface area (TPSA) is 47.0 Å². The number of ether oxygens (including phenoxy) is 1. The lowest BCUT2D eigenvalue weighted by Crippen LogP contribution is -2.35. The van der Waals surface area contributed by atoms with Crippen LogP contribution in [0.2, 0.25) is 0 Å². The number of rotatable bonds is 4. The lowest BCUT2D eigenvalue weighted by molar-refractivity contribution is 0.414. The third-order valence-electron chi connectivity index (χ3n) is 2.83. The molecule has 0 amide bonds. The molecule has 0 saturated heterocycles. The van der Waals surface area contributed by atoms with Crippen LogP contribution in [0, 0.1) is 6.92 Å². The van der Waals surface area contributed by atoms with E-state index in [-0.39, 0.29) is 5.54 Å². The molecule has 4 nitrogen and oxygen atoms in total. The number of halogens is 1. The number of aromatic nitrogens is 2. The SMILES string of the molecule is Cc1ccc(Br)cc1Oc1cncc(CNC(C)(C)C)n1. The lowest BCUT2D eigenvalue weighted by atomic mass is 10.1. The fraction of sp³-hybridized carbons (Fsp3) is 0.375. The molecule has 1 heterocycles. The summed E-state index contributed by atoms with van der Waals surface area (Å²) in [6.07, 6.45) is 3.38. The van der Waals surface area contributed by atoms with E-state index in [4.69, 9.17) is 4.74 Å². The van der Waals surface area contributed by atoms with E-state index >= 15 is 0 Å². The molecule has 1 aromatic carbocycles. The Balaban J connectivity index is 2.12. The largest absolute Gasteiger partial charge is 0.437 e. The smallest absolute Gasteiger partial charge is 0.238 e. The highest BCUT2D eigenvalue weighted by atomic mass is 79.9. The van der Waals surface area contributed by atoms with Gasteiger partial charge in [-0.2, -0.15) is 0 Å². The predicted molar refractivity (Wildman–Crippen MR) is 87.6 cm³/mol. The molecule has 5 heteroatoms. The third-order valence-corrected chi connectivity index (χ3v) is 3.32. The highest BCUT2D eigenvalue weighted by Gasteiger charge is 2.10. The first-order chi connectivity index (χ1) is 9.83. The maximum atomic E-state index is 5.83. The molecule has 0 fully saturated rings. The molecule has 21 heavy (non-hydrogen) atoms. The summed E-state index contributed by atoms with van der Waals surface area (Å²) in [4.78, 5) is 8.67. The monoisotopic (exact) mass is 349 g/mol. The Morgan fingerprint density at radius 1 is 1.24 bits per heavy atom. The Morgan fingerprint density at radius 2 is 2.00 bits per heavy atom. The molecule has 2 aromatic rings. The fourth-order valence-electron chi connectivity index (χ4n) is 1.67. The zero-order valence-corrected chi connectivity index (χ0v) is 14.4. The molecular formula is C16H20BrN3O. The Hall–Kier alpha value is -1.46. The fourth-order valence-corrected chi connectivity index (χ4v) is 2.01. The Labute approximate surface area is 134 Å².